The molecule has 0 aliphatic carbocycles. The van der Waals surface area contributed by atoms with Gasteiger partial charge in [-0.2, -0.15) is 0 Å². The van der Waals surface area contributed by atoms with E-state index in [4.69, 9.17) is 0 Å². The van der Waals surface area contributed by atoms with E-state index in [1.807, 2.05) is 0 Å². The molecule has 0 spiro atoms. The van der Waals surface area contributed by atoms with E-state index in [1.54, 1.807) is 0 Å². The molecule has 0 unspecified atom stereocenters. The zero-order valence-electron chi connectivity index (χ0n) is 34.0. The van der Waals surface area contributed by atoms with Crippen molar-refractivity contribution >= 4 is 11.8 Å². The van der Waals surface area contributed by atoms with E-state index in [2.05, 4.69) is 31.5 Å². The highest BCUT2D eigenvalue weighted by atomic mass is 35.5. The second-order valence-corrected chi connectivity index (χ2v) is 15.6. The highest BCUT2D eigenvalue weighted by Crippen LogP contribution is 2.15. The molecule has 0 radical (unpaired) electrons. The quantitative estimate of drug-likeness (QED) is 0.0440. The molecule has 7 heteroatoms. The fraction of sp³-hybridized carbons (Fsp3) is 0.953. The number of hydrogen-bond acceptors (Lipinski definition) is 3. The van der Waals surface area contributed by atoms with Gasteiger partial charge in [-0.05, 0) is 12.8 Å². The van der Waals surface area contributed by atoms with Gasteiger partial charge in [0.25, 0.3) is 0 Å². The van der Waals surface area contributed by atoms with Crippen molar-refractivity contribution in [1.29, 1.82) is 0 Å². The molecule has 0 saturated carbocycles. The number of aliphatic hydroxyl groups excluding tert-OH is 1. The van der Waals surface area contributed by atoms with Crippen molar-refractivity contribution in [2.45, 2.75) is 219 Å². The lowest BCUT2D eigenvalue weighted by Gasteiger charge is -2.34. The number of hydrogen-bond donors (Lipinski definition) is 3. The van der Waals surface area contributed by atoms with Crippen LogP contribution in [0.3, 0.4) is 0 Å². The Balaban J connectivity index is 0. The van der Waals surface area contributed by atoms with E-state index in [1.165, 1.54) is 167 Å². The third-order valence-electron chi connectivity index (χ3n) is 10.6. The largest absolute Gasteiger partial charge is 1.00 e. The lowest BCUT2D eigenvalue weighted by molar-refractivity contribution is -0.907. The molecule has 50 heavy (non-hydrogen) atoms. The number of amides is 2. The summed E-state index contributed by atoms with van der Waals surface area (Å²) in [7, 11) is 2.11. The van der Waals surface area contributed by atoms with Crippen LogP contribution in [0.25, 0.3) is 0 Å². The summed E-state index contributed by atoms with van der Waals surface area (Å²) in [5, 5.41) is 15.8. The topological polar surface area (TPSA) is 78.4 Å². The van der Waals surface area contributed by atoms with E-state index in [9.17, 15) is 14.7 Å². The van der Waals surface area contributed by atoms with Crippen LogP contribution in [-0.2, 0) is 9.59 Å². The van der Waals surface area contributed by atoms with E-state index in [0.717, 1.165) is 38.8 Å². The fourth-order valence-corrected chi connectivity index (χ4v) is 7.00. The monoisotopic (exact) mass is 730 g/mol. The Hall–Kier alpha value is -0.850. The van der Waals surface area contributed by atoms with Gasteiger partial charge in [0.15, 0.2) is 0 Å². The molecule has 2 amide bonds. The normalized spacial score (nSPS) is 11.4. The average molecular weight is 731 g/mol. The SMILES string of the molecule is CCCCCCCCCCCCCCCCCC(=O)NCC[N+](C)(CCO)CCNC(=O)CCCCCCCCCCCCCCCCC.[Cl-]. The summed E-state index contributed by atoms with van der Waals surface area (Å²) in [6.45, 7) is 8.05. The second-order valence-electron chi connectivity index (χ2n) is 15.6. The molecule has 6 nitrogen and oxygen atoms in total. The Bertz CT molecular complexity index is 657. The lowest BCUT2D eigenvalue weighted by Crippen LogP contribution is -3.00. The molecular weight excluding hydrogens is 642 g/mol. The predicted molar refractivity (Wildman–Crippen MR) is 213 cm³/mol. The summed E-state index contributed by atoms with van der Waals surface area (Å²) in [5.41, 5.74) is 0. The standard InChI is InChI=1S/C43H87N3O3.ClH/c1-4-6-8-10-12-14-16-18-20-22-24-26-28-30-32-34-42(48)44-36-38-46(3,40-41-47)39-37-45-43(49)35-33-31-29-27-25-23-21-19-17-15-13-11-9-7-5-2;/h47H,4-41H2,1-3H3,(H-,44,45,48,49);1H. The molecule has 0 rings (SSSR count). The molecule has 3 N–H and O–H groups in total. The molecule has 0 saturated heterocycles. The van der Waals surface area contributed by atoms with Gasteiger partial charge in [0.05, 0.1) is 39.8 Å². The molecule has 0 bridgehead atoms. The van der Waals surface area contributed by atoms with Crippen LogP contribution in [0.15, 0.2) is 0 Å². The fourth-order valence-electron chi connectivity index (χ4n) is 7.00. The molecule has 0 aliphatic rings. The molecule has 0 aliphatic heterocycles. The van der Waals surface area contributed by atoms with Crippen molar-refractivity contribution in [3.8, 4) is 0 Å². The van der Waals surface area contributed by atoms with Gasteiger partial charge >= 0.3 is 0 Å². The lowest BCUT2D eigenvalue weighted by atomic mass is 10.0. The predicted octanol–water partition coefficient (Wildman–Crippen LogP) is 8.18. The first-order chi connectivity index (χ1) is 24.0. The van der Waals surface area contributed by atoms with Crippen molar-refractivity contribution in [1.82, 2.24) is 10.6 Å². The molecule has 0 heterocycles. The Morgan fingerprint density at radius 3 is 0.900 bits per heavy atom. The number of carbonyl (C=O) groups excluding carboxylic acids is 2. The van der Waals surface area contributed by atoms with Gasteiger partial charge in [0.2, 0.25) is 11.8 Å². The van der Waals surface area contributed by atoms with E-state index in [-0.39, 0.29) is 30.8 Å². The summed E-state index contributed by atoms with van der Waals surface area (Å²) in [6, 6.07) is 0. The summed E-state index contributed by atoms with van der Waals surface area (Å²) in [4.78, 5) is 24.8. The first-order valence-electron chi connectivity index (χ1n) is 21.9. The van der Waals surface area contributed by atoms with E-state index < -0.39 is 0 Å². The molecule has 0 aromatic rings. The Kier molecular flexibility index (Phi) is 41.9. The Labute approximate surface area is 318 Å². The number of halogens is 1. The van der Waals surface area contributed by atoms with Gasteiger partial charge < -0.3 is 32.6 Å². The van der Waals surface area contributed by atoms with Gasteiger partial charge in [-0.3, -0.25) is 9.59 Å². The van der Waals surface area contributed by atoms with Crippen molar-refractivity contribution in [2.24, 2.45) is 0 Å². The third kappa shape index (κ3) is 38.4. The third-order valence-corrected chi connectivity index (χ3v) is 10.6. The zero-order valence-corrected chi connectivity index (χ0v) is 34.7. The van der Waals surface area contributed by atoms with Crippen LogP contribution in [0, 0.1) is 0 Å². The number of unbranched alkanes of at least 4 members (excludes halogenated alkanes) is 28. The number of nitrogens with one attached hydrogen (secondary N) is 2. The smallest absolute Gasteiger partial charge is 0.220 e. The molecule has 0 fully saturated rings. The number of rotatable bonds is 40. The van der Waals surface area contributed by atoms with E-state index >= 15 is 0 Å². The van der Waals surface area contributed by atoms with Crippen molar-refractivity contribution in [2.75, 3.05) is 46.4 Å². The maximum Gasteiger partial charge on any atom is 0.220 e. The number of likely N-dealkylation sites (N-methyl/N-ethyl adjacent to an activating group) is 1. The second kappa shape index (κ2) is 40.9. The molecule has 0 aromatic carbocycles. The number of nitrogens with zero attached hydrogens (tertiary/aromatic N) is 1. The van der Waals surface area contributed by atoms with E-state index in [0.29, 0.717) is 37.0 Å². The number of carbonyl (C=O) groups is 2. The first-order valence-corrected chi connectivity index (χ1v) is 21.9. The molecular formula is C43H88ClN3O3. The van der Waals surface area contributed by atoms with Crippen LogP contribution in [0.5, 0.6) is 0 Å². The van der Waals surface area contributed by atoms with Crippen molar-refractivity contribution < 1.29 is 31.6 Å². The summed E-state index contributed by atoms with van der Waals surface area (Å²) < 4.78 is 0.648. The van der Waals surface area contributed by atoms with Crippen LogP contribution in [0.2, 0.25) is 0 Å². The van der Waals surface area contributed by atoms with Gasteiger partial charge in [-0.15, -0.1) is 0 Å². The number of quaternary nitrogens is 1. The van der Waals surface area contributed by atoms with Gasteiger partial charge in [0.1, 0.15) is 6.54 Å². The first kappa shape index (κ1) is 51.3. The number of aliphatic hydroxyl groups is 1. The van der Waals surface area contributed by atoms with Gasteiger partial charge in [-0.1, -0.05) is 194 Å². The highest BCUT2D eigenvalue weighted by Gasteiger charge is 2.21. The van der Waals surface area contributed by atoms with Gasteiger partial charge in [-0.25, -0.2) is 0 Å². The zero-order chi connectivity index (χ0) is 35.9. The summed E-state index contributed by atoms with van der Waals surface area (Å²) in [5.74, 6) is 0.282. The summed E-state index contributed by atoms with van der Waals surface area (Å²) >= 11 is 0. The maximum absolute atomic E-state index is 12.4. The van der Waals surface area contributed by atoms with Gasteiger partial charge in [0, 0.05) is 12.8 Å². The molecule has 0 aromatic heterocycles. The molecule has 0 atom stereocenters. The molecule has 300 valence electrons. The average Bonchev–Trinajstić information content (AvgIpc) is 3.08. The van der Waals surface area contributed by atoms with Crippen molar-refractivity contribution in [3.05, 3.63) is 0 Å². The van der Waals surface area contributed by atoms with Crippen molar-refractivity contribution in [3.63, 3.8) is 0 Å². The minimum absolute atomic E-state index is 0. The highest BCUT2D eigenvalue weighted by molar-refractivity contribution is 5.76. The van der Waals surface area contributed by atoms with Crippen LogP contribution in [0.1, 0.15) is 219 Å². The summed E-state index contributed by atoms with van der Waals surface area (Å²) in [6.07, 6.45) is 41.2. The Morgan fingerprint density at radius 2 is 0.660 bits per heavy atom. The van der Waals surface area contributed by atoms with Crippen LogP contribution in [-0.4, -0.2) is 67.8 Å². The van der Waals surface area contributed by atoms with Crippen LogP contribution in [0.4, 0.5) is 0 Å². The van der Waals surface area contributed by atoms with Crippen LogP contribution < -0.4 is 23.0 Å². The minimum Gasteiger partial charge on any atom is -1.00 e. The Morgan fingerprint density at radius 1 is 0.420 bits per heavy atom. The van der Waals surface area contributed by atoms with Crippen LogP contribution >= 0.6 is 0 Å². The minimum atomic E-state index is 0. The maximum atomic E-state index is 12.4.